The number of cyclic esters (lactones) is 1. The van der Waals surface area contributed by atoms with E-state index in [0.717, 1.165) is 19.3 Å². The number of ether oxygens (including phenoxy) is 3. The van der Waals surface area contributed by atoms with Gasteiger partial charge in [-0.05, 0) is 37.5 Å². The minimum absolute atomic E-state index is 0.0752. The number of aliphatic hydroxyl groups excluding tert-OH is 1. The predicted octanol–water partition coefficient (Wildman–Crippen LogP) is 3.39. The summed E-state index contributed by atoms with van der Waals surface area (Å²) in [5, 5.41) is 21.4. The standard InChI is InChI=1S/C18H29NO7/c1-5-24-17(21)16(19(22)23)13-9-15(20)26-18(13)25-14-8-11(4)6-7-12(14)10(2)3/h10-14,18,21H,5-9H2,1-4H3/b17-16-/t11-,12+,13+,14-,18-/m1/s1. The van der Waals surface area contributed by atoms with E-state index in [9.17, 15) is 20.0 Å². The largest absolute Gasteiger partial charge is 0.476 e. The third-order valence-corrected chi connectivity index (χ3v) is 5.28. The van der Waals surface area contributed by atoms with E-state index in [4.69, 9.17) is 14.2 Å². The van der Waals surface area contributed by atoms with E-state index in [1.54, 1.807) is 6.92 Å². The Balaban J connectivity index is 2.24. The summed E-state index contributed by atoms with van der Waals surface area (Å²) in [5.74, 6) is -1.18. The number of nitro groups is 1. The summed E-state index contributed by atoms with van der Waals surface area (Å²) in [7, 11) is 0. The molecule has 0 radical (unpaired) electrons. The van der Waals surface area contributed by atoms with Crippen LogP contribution in [-0.4, -0.2) is 35.0 Å². The normalized spacial score (nSPS) is 33.0. The van der Waals surface area contributed by atoms with Gasteiger partial charge in [-0.15, -0.1) is 0 Å². The molecule has 8 nitrogen and oxygen atoms in total. The Morgan fingerprint density at radius 2 is 2.12 bits per heavy atom. The monoisotopic (exact) mass is 371 g/mol. The lowest BCUT2D eigenvalue weighted by atomic mass is 9.75. The summed E-state index contributed by atoms with van der Waals surface area (Å²) < 4.78 is 16.2. The van der Waals surface area contributed by atoms with E-state index in [1.807, 2.05) is 0 Å². The average Bonchev–Trinajstić information content (AvgIpc) is 2.87. The first-order valence-electron chi connectivity index (χ1n) is 9.29. The fraction of sp³-hybridized carbons (Fsp3) is 0.833. The summed E-state index contributed by atoms with van der Waals surface area (Å²) in [5.41, 5.74) is -0.562. The van der Waals surface area contributed by atoms with Gasteiger partial charge in [0.25, 0.3) is 0 Å². The van der Waals surface area contributed by atoms with Crippen molar-refractivity contribution >= 4 is 5.97 Å². The highest BCUT2D eigenvalue weighted by atomic mass is 16.7. The van der Waals surface area contributed by atoms with Crippen molar-refractivity contribution in [1.82, 2.24) is 0 Å². The van der Waals surface area contributed by atoms with Gasteiger partial charge in [0.05, 0.1) is 24.1 Å². The highest BCUT2D eigenvalue weighted by molar-refractivity contribution is 5.72. The highest BCUT2D eigenvalue weighted by Gasteiger charge is 2.48. The molecule has 2 rings (SSSR count). The van der Waals surface area contributed by atoms with Crippen LogP contribution in [0.3, 0.4) is 0 Å². The van der Waals surface area contributed by atoms with Crippen molar-refractivity contribution in [3.05, 3.63) is 21.8 Å². The molecule has 1 saturated heterocycles. The Morgan fingerprint density at radius 3 is 2.69 bits per heavy atom. The second kappa shape index (κ2) is 8.70. The smallest absolute Gasteiger partial charge is 0.354 e. The van der Waals surface area contributed by atoms with Gasteiger partial charge in [0.15, 0.2) is 0 Å². The van der Waals surface area contributed by atoms with Crippen molar-refractivity contribution in [2.45, 2.75) is 65.8 Å². The van der Waals surface area contributed by atoms with Gasteiger partial charge in [0, 0.05) is 0 Å². The molecule has 0 bridgehead atoms. The van der Waals surface area contributed by atoms with E-state index in [-0.39, 0.29) is 19.1 Å². The summed E-state index contributed by atoms with van der Waals surface area (Å²) in [6.45, 7) is 8.08. The summed E-state index contributed by atoms with van der Waals surface area (Å²) in [6.07, 6.45) is 1.51. The van der Waals surface area contributed by atoms with Gasteiger partial charge in [-0.1, -0.05) is 27.2 Å². The van der Waals surface area contributed by atoms with Crippen LogP contribution in [0.25, 0.3) is 0 Å². The van der Waals surface area contributed by atoms with Crippen molar-refractivity contribution in [3.63, 3.8) is 0 Å². The van der Waals surface area contributed by atoms with Gasteiger partial charge in [-0.2, -0.15) is 0 Å². The first kappa shape index (κ1) is 20.5. The summed E-state index contributed by atoms with van der Waals surface area (Å²) >= 11 is 0. The molecule has 148 valence electrons. The van der Waals surface area contributed by atoms with Gasteiger partial charge in [-0.3, -0.25) is 14.9 Å². The predicted molar refractivity (Wildman–Crippen MR) is 92.5 cm³/mol. The van der Waals surface area contributed by atoms with E-state index in [2.05, 4.69) is 20.8 Å². The second-order valence-corrected chi connectivity index (χ2v) is 7.55. The molecule has 0 amide bonds. The third kappa shape index (κ3) is 4.66. The molecule has 0 aromatic carbocycles. The lowest BCUT2D eigenvalue weighted by Gasteiger charge is -2.38. The molecule has 8 heteroatoms. The zero-order valence-corrected chi connectivity index (χ0v) is 15.8. The topological polar surface area (TPSA) is 108 Å². The average molecular weight is 371 g/mol. The van der Waals surface area contributed by atoms with Gasteiger partial charge in [-0.25, -0.2) is 0 Å². The number of hydrogen-bond acceptors (Lipinski definition) is 7. The Bertz CT molecular complexity index is 560. The minimum atomic E-state index is -1.08. The maximum absolute atomic E-state index is 11.8. The number of aliphatic hydroxyl groups is 1. The number of nitrogens with zero attached hydrogens (tertiary/aromatic N) is 1. The van der Waals surface area contributed by atoms with Crippen molar-refractivity contribution in [2.75, 3.05) is 6.61 Å². The first-order valence-corrected chi connectivity index (χ1v) is 9.29. The molecule has 26 heavy (non-hydrogen) atoms. The molecule has 0 unspecified atom stereocenters. The lowest BCUT2D eigenvalue weighted by Crippen LogP contribution is -2.39. The van der Waals surface area contributed by atoms with Crippen LogP contribution in [0.15, 0.2) is 11.6 Å². The van der Waals surface area contributed by atoms with Crippen LogP contribution in [0.5, 0.6) is 0 Å². The number of carbonyl (C=O) groups excluding carboxylic acids is 1. The van der Waals surface area contributed by atoms with Gasteiger partial charge in [0.2, 0.25) is 6.29 Å². The zero-order valence-electron chi connectivity index (χ0n) is 15.8. The maximum Gasteiger partial charge on any atom is 0.354 e. The molecule has 0 spiro atoms. The van der Waals surface area contributed by atoms with Crippen LogP contribution in [0, 0.1) is 33.8 Å². The zero-order chi connectivity index (χ0) is 19.4. The van der Waals surface area contributed by atoms with Crippen LogP contribution in [0.4, 0.5) is 0 Å². The number of carbonyl (C=O) groups is 1. The van der Waals surface area contributed by atoms with Crippen molar-refractivity contribution in [2.24, 2.45) is 23.7 Å². The van der Waals surface area contributed by atoms with Gasteiger partial charge in [0.1, 0.15) is 5.92 Å². The molecular weight excluding hydrogens is 342 g/mol. The Morgan fingerprint density at radius 1 is 1.42 bits per heavy atom. The quantitative estimate of drug-likeness (QED) is 0.316. The summed E-state index contributed by atoms with van der Waals surface area (Å²) in [4.78, 5) is 22.6. The molecule has 1 aliphatic heterocycles. The van der Waals surface area contributed by atoms with Crippen LogP contribution in [0.2, 0.25) is 0 Å². The number of rotatable bonds is 7. The fourth-order valence-electron chi connectivity index (χ4n) is 3.91. The SMILES string of the molecule is CCO/C(O)=C(/[C@@H]1CC(=O)O[C@H]1O[C@@H]1C[C@H](C)CC[C@H]1C(C)C)[N+](=O)[O-]. The Labute approximate surface area is 153 Å². The molecule has 1 heterocycles. The highest BCUT2D eigenvalue weighted by Crippen LogP contribution is 2.39. The van der Waals surface area contributed by atoms with Crippen LogP contribution in [-0.2, 0) is 19.0 Å². The maximum atomic E-state index is 11.8. The molecule has 1 aliphatic carbocycles. The Hall–Kier alpha value is -1.83. The van der Waals surface area contributed by atoms with E-state index in [0.29, 0.717) is 17.8 Å². The second-order valence-electron chi connectivity index (χ2n) is 7.55. The summed E-state index contributed by atoms with van der Waals surface area (Å²) in [6, 6.07) is 0. The minimum Gasteiger partial charge on any atom is -0.476 e. The first-order chi connectivity index (χ1) is 12.2. The van der Waals surface area contributed by atoms with E-state index >= 15 is 0 Å². The lowest BCUT2D eigenvalue weighted by molar-refractivity contribution is -0.443. The van der Waals surface area contributed by atoms with Crippen LogP contribution < -0.4 is 0 Å². The molecule has 0 aromatic rings. The van der Waals surface area contributed by atoms with Crippen molar-refractivity contribution in [1.29, 1.82) is 0 Å². The molecular formula is C18H29NO7. The van der Waals surface area contributed by atoms with Crippen molar-refractivity contribution in [3.8, 4) is 0 Å². The van der Waals surface area contributed by atoms with Crippen LogP contribution in [0.1, 0.15) is 53.4 Å². The van der Waals surface area contributed by atoms with Crippen molar-refractivity contribution < 1.29 is 29.0 Å². The van der Waals surface area contributed by atoms with E-state index in [1.165, 1.54) is 0 Å². The fourth-order valence-corrected chi connectivity index (χ4v) is 3.91. The van der Waals surface area contributed by atoms with Gasteiger partial charge >= 0.3 is 17.6 Å². The third-order valence-electron chi connectivity index (χ3n) is 5.28. The Kier molecular flexibility index (Phi) is 6.86. The molecule has 2 fully saturated rings. The number of esters is 1. The molecule has 0 aromatic heterocycles. The van der Waals surface area contributed by atoms with E-state index < -0.39 is 34.7 Å². The number of hydrogen-bond donors (Lipinski definition) is 1. The van der Waals surface area contributed by atoms with Gasteiger partial charge < -0.3 is 19.3 Å². The molecule has 1 N–H and O–H groups in total. The molecule has 1 saturated carbocycles. The van der Waals surface area contributed by atoms with Crippen LogP contribution >= 0.6 is 0 Å². The molecule has 5 atom stereocenters. The molecule has 2 aliphatic rings.